The zero-order valence-corrected chi connectivity index (χ0v) is 19.3. The fourth-order valence-electron chi connectivity index (χ4n) is 3.94. The van der Waals surface area contributed by atoms with Gasteiger partial charge < -0.3 is 19.1 Å². The predicted molar refractivity (Wildman–Crippen MR) is 126 cm³/mol. The molecule has 168 valence electrons. The van der Waals surface area contributed by atoms with Crippen LogP contribution in [0.3, 0.4) is 0 Å². The summed E-state index contributed by atoms with van der Waals surface area (Å²) in [6, 6.07) is 16.1. The van der Waals surface area contributed by atoms with Crippen LogP contribution in [0.15, 0.2) is 53.1 Å². The monoisotopic (exact) mass is 433 g/mol. The van der Waals surface area contributed by atoms with E-state index in [1.54, 1.807) is 6.07 Å². The predicted octanol–water partition coefficient (Wildman–Crippen LogP) is 4.85. The Morgan fingerprint density at radius 2 is 1.84 bits per heavy atom. The summed E-state index contributed by atoms with van der Waals surface area (Å²) in [4.78, 5) is 17.3. The minimum atomic E-state index is -0.143. The van der Waals surface area contributed by atoms with E-state index in [1.807, 2.05) is 25.1 Å². The van der Waals surface area contributed by atoms with Gasteiger partial charge in [0.15, 0.2) is 11.5 Å². The van der Waals surface area contributed by atoms with Gasteiger partial charge in [0.05, 0.1) is 6.10 Å². The summed E-state index contributed by atoms with van der Waals surface area (Å²) in [5.41, 5.74) is 5.83. The van der Waals surface area contributed by atoms with Crippen LogP contribution in [0.5, 0.6) is 0 Å². The van der Waals surface area contributed by atoms with Crippen molar-refractivity contribution < 1.29 is 14.1 Å². The van der Waals surface area contributed by atoms with E-state index >= 15 is 0 Å². The highest BCUT2D eigenvalue weighted by Gasteiger charge is 2.26. The lowest BCUT2D eigenvalue weighted by molar-refractivity contribution is 0.0499. The molecule has 0 N–H and O–H groups in total. The minimum absolute atomic E-state index is 0.0612. The van der Waals surface area contributed by atoms with Gasteiger partial charge in [-0.15, -0.1) is 0 Å². The van der Waals surface area contributed by atoms with Crippen molar-refractivity contribution in [3.05, 3.63) is 70.9 Å². The first-order valence-electron chi connectivity index (χ1n) is 11.1. The van der Waals surface area contributed by atoms with Gasteiger partial charge >= 0.3 is 0 Å². The highest BCUT2D eigenvalue weighted by Crippen LogP contribution is 2.25. The standard InChI is InChI=1S/C26H31N3O3/c1-18-7-10-21(14-19(18)2)25-15-24(27-32-25)26(30)29(17-23-6-5-13-31-23)16-20-8-11-22(12-9-20)28(3)4/h7-12,14-15,23H,5-6,13,16-17H2,1-4H3. The molecule has 3 aromatic rings. The molecule has 2 heterocycles. The third kappa shape index (κ3) is 5.02. The van der Waals surface area contributed by atoms with E-state index in [-0.39, 0.29) is 12.0 Å². The Hall–Kier alpha value is -3.12. The molecule has 1 fully saturated rings. The lowest BCUT2D eigenvalue weighted by atomic mass is 10.0. The zero-order chi connectivity index (χ0) is 22.7. The summed E-state index contributed by atoms with van der Waals surface area (Å²) in [7, 11) is 4.03. The fraction of sp³-hybridized carbons (Fsp3) is 0.385. The molecule has 0 aliphatic carbocycles. The molecule has 0 saturated carbocycles. The molecular formula is C26H31N3O3. The second-order valence-electron chi connectivity index (χ2n) is 8.76. The maximum Gasteiger partial charge on any atom is 0.276 e. The summed E-state index contributed by atoms with van der Waals surface area (Å²) < 4.78 is 11.4. The topological polar surface area (TPSA) is 58.8 Å². The van der Waals surface area contributed by atoms with Gasteiger partial charge in [-0.3, -0.25) is 4.79 Å². The molecule has 6 nitrogen and oxygen atoms in total. The molecule has 1 unspecified atom stereocenters. The lowest BCUT2D eigenvalue weighted by Gasteiger charge is -2.25. The molecular weight excluding hydrogens is 402 g/mol. The molecule has 1 aromatic heterocycles. The number of anilines is 1. The molecule has 1 saturated heterocycles. The number of hydrogen-bond donors (Lipinski definition) is 0. The fourth-order valence-corrected chi connectivity index (χ4v) is 3.94. The SMILES string of the molecule is Cc1ccc(-c2cc(C(=O)N(Cc3ccc(N(C)C)cc3)CC3CCCO3)no2)cc1C. The summed E-state index contributed by atoms with van der Waals surface area (Å²) in [5, 5.41) is 4.11. The highest BCUT2D eigenvalue weighted by atomic mass is 16.5. The second kappa shape index (κ2) is 9.57. The van der Waals surface area contributed by atoms with Crippen LogP contribution in [0, 0.1) is 13.8 Å². The largest absolute Gasteiger partial charge is 0.378 e. The number of carbonyl (C=O) groups is 1. The molecule has 1 atom stereocenters. The van der Waals surface area contributed by atoms with Crippen LogP contribution in [-0.2, 0) is 11.3 Å². The number of aryl methyl sites for hydroxylation is 2. The van der Waals surface area contributed by atoms with Crippen LogP contribution in [-0.4, -0.2) is 49.3 Å². The first-order chi connectivity index (χ1) is 15.4. The Bertz CT molecular complexity index is 1070. The van der Waals surface area contributed by atoms with E-state index in [2.05, 4.69) is 60.3 Å². The van der Waals surface area contributed by atoms with Crippen LogP contribution >= 0.6 is 0 Å². The number of benzene rings is 2. The van der Waals surface area contributed by atoms with Crippen LogP contribution in [0.25, 0.3) is 11.3 Å². The molecule has 2 aromatic carbocycles. The maximum atomic E-state index is 13.4. The Kier molecular flexibility index (Phi) is 6.61. The maximum absolute atomic E-state index is 13.4. The van der Waals surface area contributed by atoms with Crippen molar-refractivity contribution in [3.8, 4) is 11.3 Å². The Balaban J connectivity index is 1.55. The van der Waals surface area contributed by atoms with Gasteiger partial charge in [0, 0.05) is 51.1 Å². The van der Waals surface area contributed by atoms with Crippen molar-refractivity contribution in [2.45, 2.75) is 39.3 Å². The van der Waals surface area contributed by atoms with Crippen molar-refractivity contribution in [2.24, 2.45) is 0 Å². The third-order valence-corrected chi connectivity index (χ3v) is 6.08. The smallest absolute Gasteiger partial charge is 0.276 e. The summed E-state index contributed by atoms with van der Waals surface area (Å²) in [5.74, 6) is 0.458. The van der Waals surface area contributed by atoms with Gasteiger partial charge in [0.2, 0.25) is 0 Å². The zero-order valence-electron chi connectivity index (χ0n) is 19.3. The van der Waals surface area contributed by atoms with Crippen molar-refractivity contribution in [1.29, 1.82) is 0 Å². The molecule has 4 rings (SSSR count). The molecule has 32 heavy (non-hydrogen) atoms. The molecule has 0 bridgehead atoms. The summed E-state index contributed by atoms with van der Waals surface area (Å²) in [6.07, 6.45) is 2.06. The Labute approximate surface area is 189 Å². The number of carbonyl (C=O) groups excluding carboxylic acids is 1. The average molecular weight is 434 g/mol. The summed E-state index contributed by atoms with van der Waals surface area (Å²) in [6.45, 7) is 5.93. The third-order valence-electron chi connectivity index (χ3n) is 6.08. The van der Waals surface area contributed by atoms with E-state index in [9.17, 15) is 4.79 Å². The van der Waals surface area contributed by atoms with E-state index in [0.717, 1.165) is 36.3 Å². The molecule has 1 aliphatic heterocycles. The van der Waals surface area contributed by atoms with Crippen molar-refractivity contribution in [1.82, 2.24) is 10.1 Å². The minimum Gasteiger partial charge on any atom is -0.378 e. The van der Waals surface area contributed by atoms with Gasteiger partial charge in [-0.05, 0) is 61.6 Å². The van der Waals surface area contributed by atoms with Gasteiger partial charge in [-0.1, -0.05) is 29.4 Å². The number of aromatic nitrogens is 1. The molecule has 1 aliphatic rings. The summed E-state index contributed by atoms with van der Waals surface area (Å²) >= 11 is 0. The number of nitrogens with zero attached hydrogens (tertiary/aromatic N) is 3. The van der Waals surface area contributed by atoms with Gasteiger partial charge in [-0.2, -0.15) is 0 Å². The molecule has 6 heteroatoms. The molecule has 1 amide bonds. The quantitative estimate of drug-likeness (QED) is 0.533. The van der Waals surface area contributed by atoms with E-state index in [4.69, 9.17) is 9.26 Å². The van der Waals surface area contributed by atoms with E-state index in [1.165, 1.54) is 11.1 Å². The number of rotatable bonds is 7. The molecule has 0 radical (unpaired) electrons. The Morgan fingerprint density at radius 3 is 2.50 bits per heavy atom. The van der Waals surface area contributed by atoms with E-state index < -0.39 is 0 Å². The number of amides is 1. The van der Waals surface area contributed by atoms with Crippen molar-refractivity contribution in [3.63, 3.8) is 0 Å². The van der Waals surface area contributed by atoms with Crippen LogP contribution < -0.4 is 4.90 Å². The first kappa shape index (κ1) is 22.1. The second-order valence-corrected chi connectivity index (χ2v) is 8.76. The number of hydrogen-bond acceptors (Lipinski definition) is 5. The lowest BCUT2D eigenvalue weighted by Crippen LogP contribution is -2.37. The first-order valence-corrected chi connectivity index (χ1v) is 11.1. The average Bonchev–Trinajstić information content (AvgIpc) is 3.47. The number of ether oxygens (including phenoxy) is 1. The van der Waals surface area contributed by atoms with Gasteiger partial charge in [-0.25, -0.2) is 0 Å². The van der Waals surface area contributed by atoms with Crippen molar-refractivity contribution in [2.75, 3.05) is 32.1 Å². The van der Waals surface area contributed by atoms with Crippen molar-refractivity contribution >= 4 is 11.6 Å². The van der Waals surface area contributed by atoms with Crippen LogP contribution in [0.4, 0.5) is 5.69 Å². The normalized spacial score (nSPS) is 15.7. The highest BCUT2D eigenvalue weighted by molar-refractivity contribution is 5.93. The van der Waals surface area contributed by atoms with E-state index in [0.29, 0.717) is 24.5 Å². The van der Waals surface area contributed by atoms with Crippen LogP contribution in [0.1, 0.15) is 40.0 Å². The van der Waals surface area contributed by atoms with Gasteiger partial charge in [0.1, 0.15) is 0 Å². The van der Waals surface area contributed by atoms with Gasteiger partial charge in [0.25, 0.3) is 5.91 Å². The van der Waals surface area contributed by atoms with Crippen LogP contribution in [0.2, 0.25) is 0 Å². The Morgan fingerprint density at radius 1 is 1.06 bits per heavy atom. The molecule has 0 spiro atoms.